The molecule has 0 aromatic carbocycles. The third kappa shape index (κ3) is 1.91. The van der Waals surface area contributed by atoms with Crippen molar-refractivity contribution in [2.45, 2.75) is 57.6 Å². The Kier molecular flexibility index (Phi) is 2.97. The molecule has 16 heavy (non-hydrogen) atoms. The fourth-order valence-corrected chi connectivity index (χ4v) is 4.67. The SMILES string of the molecule is CCC(O)CNC1C2CC3CC(C2)CC1C3. The second kappa shape index (κ2) is 4.30. The van der Waals surface area contributed by atoms with Crippen LogP contribution in [0, 0.1) is 23.7 Å². The van der Waals surface area contributed by atoms with Crippen LogP contribution in [0.1, 0.15) is 45.4 Å². The minimum atomic E-state index is -0.141. The molecule has 0 aliphatic heterocycles. The van der Waals surface area contributed by atoms with E-state index < -0.39 is 0 Å². The molecule has 2 heteroatoms. The van der Waals surface area contributed by atoms with Gasteiger partial charge in [-0.05, 0) is 62.2 Å². The second-order valence-corrected chi connectivity index (χ2v) is 6.43. The molecule has 1 unspecified atom stereocenters. The van der Waals surface area contributed by atoms with Gasteiger partial charge in [-0.2, -0.15) is 0 Å². The Morgan fingerprint density at radius 1 is 1.06 bits per heavy atom. The molecule has 2 nitrogen and oxygen atoms in total. The van der Waals surface area contributed by atoms with Gasteiger partial charge in [-0.1, -0.05) is 6.92 Å². The van der Waals surface area contributed by atoms with Crippen molar-refractivity contribution in [3.05, 3.63) is 0 Å². The van der Waals surface area contributed by atoms with Crippen molar-refractivity contribution < 1.29 is 5.11 Å². The number of hydrogen-bond acceptors (Lipinski definition) is 2. The van der Waals surface area contributed by atoms with Crippen molar-refractivity contribution in [1.29, 1.82) is 0 Å². The van der Waals surface area contributed by atoms with Crippen molar-refractivity contribution in [2.24, 2.45) is 23.7 Å². The minimum Gasteiger partial charge on any atom is -0.392 e. The Morgan fingerprint density at radius 2 is 1.62 bits per heavy atom. The molecule has 92 valence electrons. The van der Waals surface area contributed by atoms with E-state index in [0.29, 0.717) is 0 Å². The summed E-state index contributed by atoms with van der Waals surface area (Å²) in [7, 11) is 0. The third-order valence-electron chi connectivity index (χ3n) is 5.29. The normalized spacial score (nSPS) is 47.2. The van der Waals surface area contributed by atoms with E-state index in [9.17, 15) is 5.11 Å². The number of rotatable bonds is 4. The third-order valence-corrected chi connectivity index (χ3v) is 5.29. The molecular weight excluding hydrogens is 198 g/mol. The average Bonchev–Trinajstić information content (AvgIpc) is 2.26. The Bertz CT molecular complexity index is 225. The lowest BCUT2D eigenvalue weighted by atomic mass is 9.54. The number of aliphatic hydroxyl groups is 1. The molecule has 4 bridgehead atoms. The van der Waals surface area contributed by atoms with Crippen LogP contribution >= 0.6 is 0 Å². The fourth-order valence-electron chi connectivity index (χ4n) is 4.67. The summed E-state index contributed by atoms with van der Waals surface area (Å²) < 4.78 is 0. The highest BCUT2D eigenvalue weighted by Gasteiger charge is 2.47. The summed E-state index contributed by atoms with van der Waals surface area (Å²) in [4.78, 5) is 0. The molecule has 0 radical (unpaired) electrons. The molecule has 1 atom stereocenters. The predicted octanol–water partition coefficient (Wildman–Crippen LogP) is 2.17. The molecule has 4 aliphatic rings. The van der Waals surface area contributed by atoms with Crippen molar-refractivity contribution in [3.8, 4) is 0 Å². The van der Waals surface area contributed by atoms with E-state index in [1.165, 1.54) is 32.1 Å². The molecule has 0 heterocycles. The maximum absolute atomic E-state index is 9.65. The van der Waals surface area contributed by atoms with E-state index in [2.05, 4.69) is 12.2 Å². The summed E-state index contributed by atoms with van der Waals surface area (Å²) in [6.45, 7) is 2.87. The van der Waals surface area contributed by atoms with Crippen LogP contribution in [0.4, 0.5) is 0 Å². The van der Waals surface area contributed by atoms with E-state index in [1.54, 1.807) is 0 Å². The van der Waals surface area contributed by atoms with Crippen LogP contribution in [0.15, 0.2) is 0 Å². The largest absolute Gasteiger partial charge is 0.392 e. The topological polar surface area (TPSA) is 32.3 Å². The zero-order valence-electron chi connectivity index (χ0n) is 10.4. The van der Waals surface area contributed by atoms with Crippen molar-refractivity contribution in [2.75, 3.05) is 6.54 Å². The van der Waals surface area contributed by atoms with E-state index in [0.717, 1.165) is 42.7 Å². The van der Waals surface area contributed by atoms with Crippen molar-refractivity contribution in [1.82, 2.24) is 5.32 Å². The van der Waals surface area contributed by atoms with Crippen molar-refractivity contribution >= 4 is 0 Å². The molecule has 0 spiro atoms. The first kappa shape index (κ1) is 11.0. The first-order valence-electron chi connectivity index (χ1n) is 7.17. The smallest absolute Gasteiger partial charge is 0.0662 e. The molecule has 0 aromatic rings. The summed E-state index contributed by atoms with van der Waals surface area (Å²) in [5.74, 6) is 3.97. The molecule has 0 saturated heterocycles. The monoisotopic (exact) mass is 223 g/mol. The van der Waals surface area contributed by atoms with Gasteiger partial charge in [-0.3, -0.25) is 0 Å². The highest BCUT2D eigenvalue weighted by Crippen LogP contribution is 2.53. The Morgan fingerprint density at radius 3 is 2.12 bits per heavy atom. The van der Waals surface area contributed by atoms with Gasteiger partial charge in [-0.15, -0.1) is 0 Å². The lowest BCUT2D eigenvalue weighted by Crippen LogP contribution is -2.55. The summed E-state index contributed by atoms with van der Waals surface area (Å²) >= 11 is 0. The maximum Gasteiger partial charge on any atom is 0.0662 e. The van der Waals surface area contributed by atoms with Gasteiger partial charge in [0.1, 0.15) is 0 Å². The van der Waals surface area contributed by atoms with Gasteiger partial charge < -0.3 is 10.4 Å². The summed E-state index contributed by atoms with van der Waals surface area (Å²) in [6.07, 6.45) is 8.12. The van der Waals surface area contributed by atoms with E-state index in [-0.39, 0.29) is 6.10 Å². The first-order valence-corrected chi connectivity index (χ1v) is 7.17. The quantitative estimate of drug-likeness (QED) is 0.765. The number of hydrogen-bond donors (Lipinski definition) is 2. The molecular formula is C14H25NO. The molecule has 4 aliphatic carbocycles. The number of aliphatic hydroxyl groups excluding tert-OH is 1. The van der Waals surface area contributed by atoms with Gasteiger partial charge in [0.25, 0.3) is 0 Å². The zero-order chi connectivity index (χ0) is 11.1. The van der Waals surface area contributed by atoms with Gasteiger partial charge in [0.15, 0.2) is 0 Å². The Hall–Kier alpha value is -0.0800. The first-order chi connectivity index (χ1) is 7.76. The molecule has 2 N–H and O–H groups in total. The van der Waals surface area contributed by atoms with Gasteiger partial charge in [0, 0.05) is 12.6 Å². The minimum absolute atomic E-state index is 0.141. The highest BCUT2D eigenvalue weighted by atomic mass is 16.3. The van der Waals surface area contributed by atoms with Crippen LogP contribution < -0.4 is 5.32 Å². The van der Waals surface area contributed by atoms with Crippen molar-refractivity contribution in [3.63, 3.8) is 0 Å². The molecule has 4 rings (SSSR count). The Labute approximate surface area is 98.8 Å². The standard InChI is InChI=1S/C14H25NO/c1-2-13(16)8-15-14-11-4-9-3-10(6-11)7-12(14)5-9/h9-16H,2-8H2,1H3. The lowest BCUT2D eigenvalue weighted by Gasteiger charge is -2.54. The molecule has 4 fully saturated rings. The van der Waals surface area contributed by atoms with Gasteiger partial charge in [0.05, 0.1) is 6.10 Å². The van der Waals surface area contributed by atoms with Gasteiger partial charge in [-0.25, -0.2) is 0 Å². The molecule has 4 saturated carbocycles. The van der Waals surface area contributed by atoms with E-state index in [4.69, 9.17) is 0 Å². The van der Waals surface area contributed by atoms with Crippen LogP contribution in [0.2, 0.25) is 0 Å². The molecule has 0 amide bonds. The van der Waals surface area contributed by atoms with Gasteiger partial charge in [0.2, 0.25) is 0 Å². The maximum atomic E-state index is 9.65. The fraction of sp³-hybridized carbons (Fsp3) is 1.00. The summed E-state index contributed by atoms with van der Waals surface area (Å²) in [6, 6.07) is 0.731. The summed E-state index contributed by atoms with van der Waals surface area (Å²) in [5, 5.41) is 13.3. The van der Waals surface area contributed by atoms with Crippen LogP contribution in [0.3, 0.4) is 0 Å². The van der Waals surface area contributed by atoms with Crippen LogP contribution in [0.25, 0.3) is 0 Å². The Balaban J connectivity index is 1.59. The zero-order valence-corrected chi connectivity index (χ0v) is 10.4. The number of nitrogens with one attached hydrogen (secondary N) is 1. The van der Waals surface area contributed by atoms with Crippen LogP contribution in [-0.2, 0) is 0 Å². The predicted molar refractivity (Wildman–Crippen MR) is 65.1 cm³/mol. The lowest BCUT2D eigenvalue weighted by molar-refractivity contribution is -0.0173. The second-order valence-electron chi connectivity index (χ2n) is 6.43. The highest BCUT2D eigenvalue weighted by molar-refractivity contribution is 5.01. The summed E-state index contributed by atoms with van der Waals surface area (Å²) in [5.41, 5.74) is 0. The van der Waals surface area contributed by atoms with Crippen LogP contribution in [0.5, 0.6) is 0 Å². The molecule has 0 aromatic heterocycles. The van der Waals surface area contributed by atoms with E-state index >= 15 is 0 Å². The van der Waals surface area contributed by atoms with Crippen LogP contribution in [-0.4, -0.2) is 23.8 Å². The van der Waals surface area contributed by atoms with E-state index in [1.807, 2.05) is 0 Å². The average molecular weight is 223 g/mol. The van der Waals surface area contributed by atoms with Gasteiger partial charge >= 0.3 is 0 Å².